The first-order chi connectivity index (χ1) is 14.9. The number of amides is 1. The molecule has 31 heavy (non-hydrogen) atoms. The summed E-state index contributed by atoms with van der Waals surface area (Å²) in [6, 6.07) is 11.3. The molecule has 0 spiro atoms. The van der Waals surface area contributed by atoms with Gasteiger partial charge in [0.25, 0.3) is 0 Å². The summed E-state index contributed by atoms with van der Waals surface area (Å²) in [5.74, 6) is 0.452. The van der Waals surface area contributed by atoms with Crippen molar-refractivity contribution in [2.45, 2.75) is 20.3 Å². The average molecular weight is 440 g/mol. The van der Waals surface area contributed by atoms with Crippen molar-refractivity contribution in [2.75, 3.05) is 26.6 Å². The van der Waals surface area contributed by atoms with Crippen LogP contribution in [-0.4, -0.2) is 33.2 Å². The Morgan fingerprint density at radius 3 is 2.42 bits per heavy atom. The van der Waals surface area contributed by atoms with Gasteiger partial charge in [0.15, 0.2) is 0 Å². The summed E-state index contributed by atoms with van der Waals surface area (Å²) in [4.78, 5) is 25.4. The Bertz CT molecular complexity index is 1120. The second kappa shape index (κ2) is 9.66. The Balaban J connectivity index is 1.91. The van der Waals surface area contributed by atoms with E-state index < -0.39 is 5.97 Å². The van der Waals surface area contributed by atoms with Gasteiger partial charge in [0.05, 0.1) is 27.8 Å². The zero-order valence-corrected chi connectivity index (χ0v) is 19.0. The van der Waals surface area contributed by atoms with Gasteiger partial charge in [0, 0.05) is 22.6 Å². The fraction of sp³-hybridized carbons (Fsp3) is 0.250. The largest absolute Gasteiger partial charge is 0.497 e. The summed E-state index contributed by atoms with van der Waals surface area (Å²) < 4.78 is 15.6. The number of hydrogen-bond donors (Lipinski definition) is 1. The Labute approximate surface area is 185 Å². The molecule has 1 amide bonds. The minimum absolute atomic E-state index is 0.0878. The zero-order valence-electron chi connectivity index (χ0n) is 18.2. The number of nitrogens with one attached hydrogen (secondary N) is 1. The van der Waals surface area contributed by atoms with Crippen LogP contribution in [0.25, 0.3) is 11.1 Å². The maximum absolute atomic E-state index is 12.8. The number of carbonyl (C=O) groups is 2. The number of aryl methyl sites for hydroxylation is 2. The molecule has 3 aromatic rings. The van der Waals surface area contributed by atoms with E-state index in [1.165, 1.54) is 18.4 Å². The van der Waals surface area contributed by atoms with Crippen molar-refractivity contribution in [3.63, 3.8) is 0 Å². The predicted molar refractivity (Wildman–Crippen MR) is 122 cm³/mol. The Morgan fingerprint density at radius 1 is 0.968 bits per heavy atom. The third-order valence-corrected chi connectivity index (χ3v) is 5.86. The zero-order chi connectivity index (χ0) is 22.5. The monoisotopic (exact) mass is 439 g/mol. The van der Waals surface area contributed by atoms with Crippen molar-refractivity contribution in [3.8, 4) is 22.6 Å². The molecule has 0 fully saturated rings. The molecular weight excluding hydrogens is 414 g/mol. The summed E-state index contributed by atoms with van der Waals surface area (Å²) in [7, 11) is 4.45. The molecule has 0 aliphatic heterocycles. The van der Waals surface area contributed by atoms with Gasteiger partial charge in [-0.05, 0) is 31.0 Å². The first kappa shape index (κ1) is 22.4. The quantitative estimate of drug-likeness (QED) is 0.524. The van der Waals surface area contributed by atoms with Gasteiger partial charge in [0.1, 0.15) is 22.1 Å². The molecule has 1 N–H and O–H groups in total. The van der Waals surface area contributed by atoms with Gasteiger partial charge in [-0.1, -0.05) is 29.8 Å². The van der Waals surface area contributed by atoms with Crippen LogP contribution in [0.5, 0.6) is 11.5 Å². The third kappa shape index (κ3) is 4.88. The van der Waals surface area contributed by atoms with Crippen molar-refractivity contribution in [1.29, 1.82) is 0 Å². The van der Waals surface area contributed by atoms with Gasteiger partial charge in [-0.3, -0.25) is 4.79 Å². The molecule has 6 nitrogen and oxygen atoms in total. The highest BCUT2D eigenvalue weighted by Crippen LogP contribution is 2.38. The summed E-state index contributed by atoms with van der Waals surface area (Å²) in [6.07, 6.45) is 0.0878. The van der Waals surface area contributed by atoms with Crippen molar-refractivity contribution in [3.05, 3.63) is 64.0 Å². The topological polar surface area (TPSA) is 73.9 Å². The molecule has 2 aromatic carbocycles. The number of hydrogen-bond acceptors (Lipinski definition) is 6. The fourth-order valence-electron chi connectivity index (χ4n) is 3.32. The van der Waals surface area contributed by atoms with E-state index in [4.69, 9.17) is 14.2 Å². The molecule has 3 rings (SSSR count). The minimum atomic E-state index is -0.491. The summed E-state index contributed by atoms with van der Waals surface area (Å²) in [5.41, 5.74) is 4.88. The fourth-order valence-corrected chi connectivity index (χ4v) is 4.28. The first-order valence-electron chi connectivity index (χ1n) is 9.66. The molecule has 0 aliphatic rings. The van der Waals surface area contributed by atoms with Crippen LogP contribution in [0.4, 0.5) is 5.00 Å². The molecular formula is C24H25NO5S. The summed E-state index contributed by atoms with van der Waals surface area (Å²) >= 11 is 1.30. The molecule has 0 radical (unpaired) electrons. The van der Waals surface area contributed by atoms with Gasteiger partial charge in [-0.15, -0.1) is 11.3 Å². The van der Waals surface area contributed by atoms with Crippen LogP contribution < -0.4 is 14.8 Å². The van der Waals surface area contributed by atoms with Crippen molar-refractivity contribution >= 4 is 28.2 Å². The molecule has 0 unspecified atom stereocenters. The highest BCUT2D eigenvalue weighted by molar-refractivity contribution is 7.15. The molecule has 0 bridgehead atoms. The number of thiophene rings is 1. The third-order valence-electron chi connectivity index (χ3n) is 4.96. The Kier molecular flexibility index (Phi) is 6.97. The van der Waals surface area contributed by atoms with Crippen molar-refractivity contribution in [2.24, 2.45) is 0 Å². The maximum Gasteiger partial charge on any atom is 0.341 e. The number of methoxy groups -OCH3 is 3. The number of ether oxygens (including phenoxy) is 3. The van der Waals surface area contributed by atoms with Crippen LogP contribution in [0.15, 0.2) is 41.8 Å². The molecule has 0 aliphatic carbocycles. The number of carbonyl (C=O) groups excluding carboxylic acids is 2. The maximum atomic E-state index is 12.8. The lowest BCUT2D eigenvalue weighted by atomic mass is 9.97. The normalized spacial score (nSPS) is 10.5. The van der Waals surface area contributed by atoms with E-state index in [1.54, 1.807) is 32.4 Å². The van der Waals surface area contributed by atoms with Gasteiger partial charge in [0.2, 0.25) is 5.91 Å². The lowest BCUT2D eigenvalue weighted by Crippen LogP contribution is -2.16. The minimum Gasteiger partial charge on any atom is -0.497 e. The van der Waals surface area contributed by atoms with E-state index in [-0.39, 0.29) is 12.3 Å². The van der Waals surface area contributed by atoms with E-state index in [2.05, 4.69) is 5.32 Å². The van der Waals surface area contributed by atoms with Crippen LogP contribution >= 0.6 is 11.3 Å². The molecule has 162 valence electrons. The van der Waals surface area contributed by atoms with Crippen molar-refractivity contribution in [1.82, 2.24) is 0 Å². The second-order valence-corrected chi connectivity index (χ2v) is 7.95. The first-order valence-corrected chi connectivity index (χ1v) is 10.5. The van der Waals surface area contributed by atoms with Crippen molar-refractivity contribution < 1.29 is 23.8 Å². The van der Waals surface area contributed by atoms with E-state index >= 15 is 0 Å². The lowest BCUT2D eigenvalue weighted by Gasteiger charge is -2.12. The molecule has 1 heterocycles. The highest BCUT2D eigenvalue weighted by atomic mass is 32.1. The van der Waals surface area contributed by atoms with Crippen LogP contribution in [0.3, 0.4) is 0 Å². The molecule has 7 heteroatoms. The molecule has 0 saturated heterocycles. The molecule has 1 aromatic heterocycles. The summed E-state index contributed by atoms with van der Waals surface area (Å²) in [6.45, 7) is 3.99. The molecule has 0 saturated carbocycles. The second-order valence-electron chi connectivity index (χ2n) is 7.07. The number of esters is 1. The van der Waals surface area contributed by atoms with Crippen LogP contribution in [0, 0.1) is 13.8 Å². The smallest absolute Gasteiger partial charge is 0.341 e. The van der Waals surface area contributed by atoms with E-state index in [1.807, 2.05) is 37.4 Å². The number of benzene rings is 2. The standard InChI is InChI=1S/C24H25NO5S/c1-14-6-7-15(2)18(10-14)19-13-31-23(22(19)24(27)30-5)25-21(26)11-16-8-9-17(28-3)12-20(16)29-4/h6-10,12-13H,11H2,1-5H3,(H,25,26). The van der Waals surface area contributed by atoms with Crippen LogP contribution in [0.1, 0.15) is 27.0 Å². The SMILES string of the molecule is COC(=O)c1c(-c2cc(C)ccc2C)csc1NC(=O)Cc1ccc(OC)cc1OC. The van der Waals surface area contributed by atoms with Crippen LogP contribution in [0.2, 0.25) is 0 Å². The Morgan fingerprint density at radius 2 is 1.74 bits per heavy atom. The Hall–Kier alpha value is -3.32. The molecule has 0 atom stereocenters. The lowest BCUT2D eigenvalue weighted by molar-refractivity contribution is -0.115. The summed E-state index contributed by atoms with van der Waals surface area (Å²) in [5, 5.41) is 5.20. The average Bonchev–Trinajstić information content (AvgIpc) is 3.18. The van der Waals surface area contributed by atoms with E-state index in [0.717, 1.165) is 22.3 Å². The van der Waals surface area contributed by atoms with Gasteiger partial charge < -0.3 is 19.5 Å². The highest BCUT2D eigenvalue weighted by Gasteiger charge is 2.23. The van der Waals surface area contributed by atoms with E-state index in [9.17, 15) is 9.59 Å². The number of rotatable bonds is 7. The number of anilines is 1. The van der Waals surface area contributed by atoms with Gasteiger partial charge >= 0.3 is 5.97 Å². The van der Waals surface area contributed by atoms with Gasteiger partial charge in [-0.2, -0.15) is 0 Å². The predicted octanol–water partition coefficient (Wildman–Crippen LogP) is 5.02. The van der Waals surface area contributed by atoms with E-state index in [0.29, 0.717) is 27.6 Å². The van der Waals surface area contributed by atoms with Gasteiger partial charge in [-0.25, -0.2) is 4.79 Å². The van der Waals surface area contributed by atoms with Crippen LogP contribution in [-0.2, 0) is 16.0 Å².